The maximum atomic E-state index is 12.5. The number of carbonyl (C=O) groups excluding carboxylic acids is 1. The van der Waals surface area contributed by atoms with Gasteiger partial charge in [0.15, 0.2) is 16.4 Å². The zero-order chi connectivity index (χ0) is 21.1. The first kappa shape index (κ1) is 22.0. The van der Waals surface area contributed by atoms with Crippen LogP contribution in [0.3, 0.4) is 0 Å². The van der Waals surface area contributed by atoms with Gasteiger partial charge < -0.3 is 9.64 Å². The Balaban J connectivity index is 2.01. The van der Waals surface area contributed by atoms with E-state index in [1.165, 1.54) is 11.8 Å². The van der Waals surface area contributed by atoms with Crippen molar-refractivity contribution in [3.63, 3.8) is 0 Å². The number of aryl methyl sites for hydroxylation is 1. The van der Waals surface area contributed by atoms with Crippen molar-refractivity contribution >= 4 is 15.7 Å². The maximum absolute atomic E-state index is 12.5. The van der Waals surface area contributed by atoms with Gasteiger partial charge in [-0.15, -0.1) is 0 Å². The summed E-state index contributed by atoms with van der Waals surface area (Å²) in [6.45, 7) is 8.17. The molecule has 0 aliphatic rings. The van der Waals surface area contributed by atoms with Crippen LogP contribution in [0.4, 0.5) is 0 Å². The standard InChI is InChI=1S/C22H29NO4S/c1-15(2)21-12-9-19(13-16(21)3)27-14-22(24)23(5)17(4)18-7-10-20(11-8-18)28(6,25)26/h7-13,15,17H,14H2,1-6H3. The molecule has 1 amide bonds. The van der Waals surface area contributed by atoms with Crippen LogP contribution in [0.5, 0.6) is 5.75 Å². The lowest BCUT2D eigenvalue weighted by molar-refractivity contribution is -0.134. The van der Waals surface area contributed by atoms with Gasteiger partial charge in [-0.1, -0.05) is 32.0 Å². The third-order valence-electron chi connectivity index (χ3n) is 4.99. The van der Waals surface area contributed by atoms with E-state index < -0.39 is 9.84 Å². The summed E-state index contributed by atoms with van der Waals surface area (Å²) in [4.78, 5) is 14.4. The highest BCUT2D eigenvalue weighted by Gasteiger charge is 2.19. The van der Waals surface area contributed by atoms with Crippen LogP contribution < -0.4 is 4.74 Å². The number of likely N-dealkylation sites (N-methyl/N-ethyl adjacent to an activating group) is 1. The average Bonchev–Trinajstić information content (AvgIpc) is 2.64. The number of hydrogen-bond acceptors (Lipinski definition) is 4. The van der Waals surface area contributed by atoms with E-state index in [0.29, 0.717) is 11.7 Å². The highest BCUT2D eigenvalue weighted by atomic mass is 32.2. The number of hydrogen-bond donors (Lipinski definition) is 0. The van der Waals surface area contributed by atoms with E-state index in [0.717, 1.165) is 11.1 Å². The van der Waals surface area contributed by atoms with Crippen LogP contribution in [0, 0.1) is 6.92 Å². The molecule has 2 rings (SSSR count). The molecule has 1 unspecified atom stereocenters. The van der Waals surface area contributed by atoms with Gasteiger partial charge in [0, 0.05) is 13.3 Å². The predicted octanol–water partition coefficient (Wildman–Crippen LogP) is 4.12. The Labute approximate surface area is 168 Å². The number of carbonyl (C=O) groups is 1. The fourth-order valence-corrected chi connectivity index (χ4v) is 3.70. The number of rotatable bonds is 7. The Morgan fingerprint density at radius 2 is 1.68 bits per heavy atom. The summed E-state index contributed by atoms with van der Waals surface area (Å²) in [5.41, 5.74) is 3.27. The maximum Gasteiger partial charge on any atom is 0.260 e. The van der Waals surface area contributed by atoms with Crippen molar-refractivity contribution in [2.75, 3.05) is 19.9 Å². The molecule has 1 atom stereocenters. The predicted molar refractivity (Wildman–Crippen MR) is 111 cm³/mol. The summed E-state index contributed by atoms with van der Waals surface area (Å²) < 4.78 is 28.8. The highest BCUT2D eigenvalue weighted by molar-refractivity contribution is 7.90. The zero-order valence-corrected chi connectivity index (χ0v) is 18.2. The minimum atomic E-state index is -3.23. The molecule has 0 bridgehead atoms. The van der Waals surface area contributed by atoms with Gasteiger partial charge in [-0.25, -0.2) is 8.42 Å². The van der Waals surface area contributed by atoms with Gasteiger partial charge in [-0.05, 0) is 60.7 Å². The lowest BCUT2D eigenvalue weighted by Gasteiger charge is -2.25. The number of sulfone groups is 1. The van der Waals surface area contributed by atoms with Crippen LogP contribution in [0.2, 0.25) is 0 Å². The van der Waals surface area contributed by atoms with Crippen LogP contribution in [0.1, 0.15) is 49.4 Å². The smallest absolute Gasteiger partial charge is 0.260 e. The van der Waals surface area contributed by atoms with Crippen LogP contribution in [-0.4, -0.2) is 39.1 Å². The molecule has 0 aliphatic carbocycles. The molecule has 2 aromatic carbocycles. The van der Waals surface area contributed by atoms with Crippen LogP contribution in [0.25, 0.3) is 0 Å². The second-order valence-corrected chi connectivity index (χ2v) is 9.50. The van der Waals surface area contributed by atoms with Crippen LogP contribution in [-0.2, 0) is 14.6 Å². The fraction of sp³-hybridized carbons (Fsp3) is 0.409. The van der Waals surface area contributed by atoms with E-state index in [1.807, 2.05) is 32.0 Å². The second-order valence-electron chi connectivity index (χ2n) is 7.48. The zero-order valence-electron chi connectivity index (χ0n) is 17.4. The van der Waals surface area contributed by atoms with E-state index in [2.05, 4.69) is 13.8 Å². The van der Waals surface area contributed by atoms with Gasteiger partial charge in [0.05, 0.1) is 10.9 Å². The molecule has 0 fully saturated rings. The Bertz CT molecular complexity index is 934. The summed E-state index contributed by atoms with van der Waals surface area (Å²) in [5, 5.41) is 0. The molecule has 0 spiro atoms. The normalized spacial score (nSPS) is 12.7. The van der Waals surface area contributed by atoms with Gasteiger partial charge in [0.2, 0.25) is 0 Å². The Hall–Kier alpha value is -2.34. The summed E-state index contributed by atoms with van der Waals surface area (Å²) in [6, 6.07) is 12.3. The molecule has 0 saturated heterocycles. The van der Waals surface area contributed by atoms with Crippen LogP contribution >= 0.6 is 0 Å². The largest absolute Gasteiger partial charge is 0.484 e. The summed E-state index contributed by atoms with van der Waals surface area (Å²) in [6.07, 6.45) is 1.17. The molecule has 0 heterocycles. The van der Waals surface area contributed by atoms with Gasteiger partial charge in [0.1, 0.15) is 5.75 Å². The topological polar surface area (TPSA) is 63.7 Å². The summed E-state index contributed by atoms with van der Waals surface area (Å²) in [7, 11) is -1.52. The number of nitrogens with zero attached hydrogens (tertiary/aromatic N) is 1. The van der Waals surface area contributed by atoms with Crippen molar-refractivity contribution in [3.8, 4) is 5.75 Å². The number of amides is 1. The number of ether oxygens (including phenoxy) is 1. The first-order valence-corrected chi connectivity index (χ1v) is 11.2. The molecular weight excluding hydrogens is 374 g/mol. The molecular formula is C22H29NO4S. The van der Waals surface area contributed by atoms with Crippen molar-refractivity contribution in [3.05, 3.63) is 59.2 Å². The van der Waals surface area contributed by atoms with E-state index in [1.54, 1.807) is 36.2 Å². The first-order chi connectivity index (χ1) is 13.0. The quantitative estimate of drug-likeness (QED) is 0.698. The van der Waals surface area contributed by atoms with Gasteiger partial charge in [-0.3, -0.25) is 4.79 Å². The van der Waals surface area contributed by atoms with Crippen molar-refractivity contribution < 1.29 is 17.9 Å². The Morgan fingerprint density at radius 1 is 1.07 bits per heavy atom. The number of benzene rings is 2. The summed E-state index contributed by atoms with van der Waals surface area (Å²) >= 11 is 0. The average molecular weight is 404 g/mol. The van der Waals surface area contributed by atoms with Gasteiger partial charge >= 0.3 is 0 Å². The molecule has 5 nitrogen and oxygen atoms in total. The molecule has 28 heavy (non-hydrogen) atoms. The molecule has 152 valence electrons. The molecule has 0 saturated carbocycles. The fourth-order valence-electron chi connectivity index (χ4n) is 3.07. The van der Waals surface area contributed by atoms with Crippen molar-refractivity contribution in [2.24, 2.45) is 0 Å². The minimum absolute atomic E-state index is 0.0528. The monoisotopic (exact) mass is 403 g/mol. The Kier molecular flexibility index (Phi) is 6.88. The minimum Gasteiger partial charge on any atom is -0.484 e. The first-order valence-electron chi connectivity index (χ1n) is 9.29. The molecule has 0 N–H and O–H groups in total. The van der Waals surface area contributed by atoms with Crippen molar-refractivity contribution in [1.82, 2.24) is 4.90 Å². The Morgan fingerprint density at radius 3 is 2.18 bits per heavy atom. The lowest BCUT2D eigenvalue weighted by Crippen LogP contribution is -2.33. The van der Waals surface area contributed by atoms with Crippen LogP contribution in [0.15, 0.2) is 47.4 Å². The third kappa shape index (κ3) is 5.35. The van der Waals surface area contributed by atoms with E-state index in [4.69, 9.17) is 4.74 Å². The van der Waals surface area contributed by atoms with Gasteiger partial charge in [0.25, 0.3) is 5.91 Å². The SMILES string of the molecule is Cc1cc(OCC(=O)N(C)C(C)c2ccc(S(C)(=O)=O)cc2)ccc1C(C)C. The van der Waals surface area contributed by atoms with Crippen molar-refractivity contribution in [1.29, 1.82) is 0 Å². The van der Waals surface area contributed by atoms with E-state index >= 15 is 0 Å². The molecule has 0 aromatic heterocycles. The van der Waals surface area contributed by atoms with Gasteiger partial charge in [-0.2, -0.15) is 0 Å². The molecule has 6 heteroatoms. The molecule has 0 aliphatic heterocycles. The molecule has 2 aromatic rings. The summed E-state index contributed by atoms with van der Waals surface area (Å²) in [5.74, 6) is 0.968. The van der Waals surface area contributed by atoms with E-state index in [-0.39, 0.29) is 23.5 Å². The molecule has 0 radical (unpaired) electrons. The third-order valence-corrected chi connectivity index (χ3v) is 6.12. The lowest BCUT2D eigenvalue weighted by atomic mass is 9.98. The van der Waals surface area contributed by atoms with E-state index in [9.17, 15) is 13.2 Å². The highest BCUT2D eigenvalue weighted by Crippen LogP contribution is 2.24. The van der Waals surface area contributed by atoms with Crippen molar-refractivity contribution in [2.45, 2.75) is 44.6 Å². The second kappa shape index (κ2) is 8.78.